The van der Waals surface area contributed by atoms with Crippen LogP contribution in [-0.2, 0) is 0 Å². The van der Waals surface area contributed by atoms with Gasteiger partial charge in [0.2, 0.25) is 0 Å². The second-order valence-electron chi connectivity index (χ2n) is 6.49. The maximum absolute atomic E-state index is 6.47. The van der Waals surface area contributed by atoms with Crippen LogP contribution in [0, 0.1) is 0 Å². The third-order valence-corrected chi connectivity index (χ3v) is 4.90. The van der Waals surface area contributed by atoms with Crippen molar-refractivity contribution < 1.29 is 0 Å². The zero-order chi connectivity index (χ0) is 13.1. The highest BCUT2D eigenvalue weighted by molar-refractivity contribution is 5.27. The van der Waals surface area contributed by atoms with E-state index >= 15 is 0 Å². The Balaban J connectivity index is 1.40. The zero-order valence-corrected chi connectivity index (χ0v) is 11.8. The van der Waals surface area contributed by atoms with Crippen molar-refractivity contribution in [2.45, 2.75) is 62.4 Å². The molecule has 2 unspecified atom stereocenters. The molecule has 0 amide bonds. The monoisotopic (exact) mass is 258 g/mol. The molecule has 104 valence electrons. The largest absolute Gasteiger partial charge is 0.325 e. The molecule has 2 aliphatic rings. The SMILES string of the molecule is NC1(CCNC2CC2c2ccccc2)CCCCC1. The average molecular weight is 258 g/mol. The lowest BCUT2D eigenvalue weighted by Crippen LogP contribution is -2.44. The molecule has 3 rings (SSSR count). The number of hydrogen-bond donors (Lipinski definition) is 2. The summed E-state index contributed by atoms with van der Waals surface area (Å²) in [6.07, 6.45) is 8.92. The molecule has 2 fully saturated rings. The Morgan fingerprint density at radius 2 is 1.84 bits per heavy atom. The molecule has 0 bridgehead atoms. The predicted octanol–water partition coefficient (Wildman–Crippen LogP) is 3.18. The third-order valence-electron chi connectivity index (χ3n) is 4.90. The Morgan fingerprint density at radius 3 is 2.58 bits per heavy atom. The minimum atomic E-state index is 0.127. The molecule has 0 aromatic heterocycles. The highest BCUT2D eigenvalue weighted by atomic mass is 15.0. The van der Waals surface area contributed by atoms with Gasteiger partial charge in [0.1, 0.15) is 0 Å². The lowest BCUT2D eigenvalue weighted by molar-refractivity contribution is 0.274. The topological polar surface area (TPSA) is 38.0 Å². The second-order valence-corrected chi connectivity index (χ2v) is 6.49. The molecule has 2 atom stereocenters. The van der Waals surface area contributed by atoms with Crippen molar-refractivity contribution in [3.8, 4) is 0 Å². The normalized spacial score (nSPS) is 29.1. The van der Waals surface area contributed by atoms with Crippen molar-refractivity contribution in [2.24, 2.45) is 5.73 Å². The van der Waals surface area contributed by atoms with Crippen LogP contribution in [0.15, 0.2) is 30.3 Å². The number of rotatable bonds is 5. The van der Waals surface area contributed by atoms with Gasteiger partial charge in [-0.3, -0.25) is 0 Å². The Hall–Kier alpha value is -0.860. The van der Waals surface area contributed by atoms with Gasteiger partial charge in [-0.15, -0.1) is 0 Å². The second kappa shape index (κ2) is 5.64. The Morgan fingerprint density at radius 1 is 1.11 bits per heavy atom. The highest BCUT2D eigenvalue weighted by Gasteiger charge is 2.38. The summed E-state index contributed by atoms with van der Waals surface area (Å²) in [5.41, 5.74) is 8.09. The fourth-order valence-corrected chi connectivity index (χ4v) is 3.50. The van der Waals surface area contributed by atoms with Gasteiger partial charge < -0.3 is 11.1 Å². The molecular formula is C17H26N2. The minimum Gasteiger partial charge on any atom is -0.325 e. The Bertz CT molecular complexity index is 395. The molecule has 0 aliphatic heterocycles. The van der Waals surface area contributed by atoms with Gasteiger partial charge in [0.25, 0.3) is 0 Å². The molecule has 2 nitrogen and oxygen atoms in total. The summed E-state index contributed by atoms with van der Waals surface area (Å²) >= 11 is 0. The van der Waals surface area contributed by atoms with Crippen molar-refractivity contribution in [1.29, 1.82) is 0 Å². The first-order valence-corrected chi connectivity index (χ1v) is 7.84. The summed E-state index contributed by atoms with van der Waals surface area (Å²) in [6.45, 7) is 1.09. The molecule has 0 spiro atoms. The van der Waals surface area contributed by atoms with E-state index in [-0.39, 0.29) is 5.54 Å². The van der Waals surface area contributed by atoms with Crippen molar-refractivity contribution in [1.82, 2.24) is 5.32 Å². The number of nitrogens with two attached hydrogens (primary N) is 1. The molecule has 0 saturated heterocycles. The van der Waals surface area contributed by atoms with E-state index in [1.165, 1.54) is 44.1 Å². The van der Waals surface area contributed by atoms with E-state index in [2.05, 4.69) is 35.6 Å². The van der Waals surface area contributed by atoms with Crippen LogP contribution >= 0.6 is 0 Å². The van der Waals surface area contributed by atoms with Crippen LogP contribution in [0.2, 0.25) is 0 Å². The maximum Gasteiger partial charge on any atom is 0.0166 e. The smallest absolute Gasteiger partial charge is 0.0166 e. The first kappa shape index (κ1) is 13.1. The number of hydrogen-bond acceptors (Lipinski definition) is 2. The molecular weight excluding hydrogens is 232 g/mol. The summed E-state index contributed by atoms with van der Waals surface area (Å²) in [5.74, 6) is 0.737. The molecule has 19 heavy (non-hydrogen) atoms. The van der Waals surface area contributed by atoms with Crippen molar-refractivity contribution in [3.05, 3.63) is 35.9 Å². The van der Waals surface area contributed by atoms with Crippen LogP contribution < -0.4 is 11.1 Å². The van der Waals surface area contributed by atoms with Crippen molar-refractivity contribution in [2.75, 3.05) is 6.54 Å². The minimum absolute atomic E-state index is 0.127. The predicted molar refractivity (Wildman–Crippen MR) is 80.2 cm³/mol. The lowest BCUT2D eigenvalue weighted by atomic mass is 9.80. The molecule has 0 heterocycles. The van der Waals surface area contributed by atoms with Gasteiger partial charge in [0.05, 0.1) is 0 Å². The summed E-state index contributed by atoms with van der Waals surface area (Å²) < 4.78 is 0. The maximum atomic E-state index is 6.47. The van der Waals surface area contributed by atoms with E-state index in [9.17, 15) is 0 Å². The number of benzene rings is 1. The fraction of sp³-hybridized carbons (Fsp3) is 0.647. The van der Waals surface area contributed by atoms with Crippen LogP contribution in [0.25, 0.3) is 0 Å². The first-order chi connectivity index (χ1) is 9.27. The van der Waals surface area contributed by atoms with Crippen LogP contribution in [0.3, 0.4) is 0 Å². The van der Waals surface area contributed by atoms with Gasteiger partial charge in [-0.2, -0.15) is 0 Å². The van der Waals surface area contributed by atoms with E-state index in [0.717, 1.165) is 18.9 Å². The molecule has 1 aromatic rings. The summed E-state index contributed by atoms with van der Waals surface area (Å²) in [5, 5.41) is 3.70. The molecule has 2 aliphatic carbocycles. The summed E-state index contributed by atoms with van der Waals surface area (Å²) in [6, 6.07) is 11.6. The number of nitrogens with one attached hydrogen (secondary N) is 1. The lowest BCUT2D eigenvalue weighted by Gasteiger charge is -2.33. The van der Waals surface area contributed by atoms with Crippen molar-refractivity contribution in [3.63, 3.8) is 0 Å². The molecule has 1 aromatic carbocycles. The van der Waals surface area contributed by atoms with E-state index in [0.29, 0.717) is 6.04 Å². The molecule has 2 heteroatoms. The summed E-state index contributed by atoms with van der Waals surface area (Å²) in [4.78, 5) is 0. The van der Waals surface area contributed by atoms with Gasteiger partial charge in [0.15, 0.2) is 0 Å². The van der Waals surface area contributed by atoms with Gasteiger partial charge >= 0.3 is 0 Å². The fourth-order valence-electron chi connectivity index (χ4n) is 3.50. The van der Waals surface area contributed by atoms with Gasteiger partial charge in [-0.25, -0.2) is 0 Å². The quantitative estimate of drug-likeness (QED) is 0.851. The van der Waals surface area contributed by atoms with E-state index in [4.69, 9.17) is 5.73 Å². The molecule has 0 radical (unpaired) electrons. The van der Waals surface area contributed by atoms with E-state index in [1.807, 2.05) is 0 Å². The van der Waals surface area contributed by atoms with Crippen LogP contribution in [-0.4, -0.2) is 18.1 Å². The standard InChI is InChI=1S/C17H26N2/c18-17(9-5-2-6-10-17)11-12-19-16-13-15(16)14-7-3-1-4-8-14/h1,3-4,7-8,15-16,19H,2,5-6,9-13,18H2. The van der Waals surface area contributed by atoms with Crippen LogP contribution in [0.5, 0.6) is 0 Å². The van der Waals surface area contributed by atoms with Gasteiger partial charge in [0, 0.05) is 17.5 Å². The Labute approximate surface area is 116 Å². The summed E-state index contributed by atoms with van der Waals surface area (Å²) in [7, 11) is 0. The molecule has 3 N–H and O–H groups in total. The van der Waals surface area contributed by atoms with Crippen LogP contribution in [0.1, 0.15) is 56.4 Å². The van der Waals surface area contributed by atoms with E-state index in [1.54, 1.807) is 0 Å². The average Bonchev–Trinajstić information content (AvgIpc) is 3.20. The molecule has 2 saturated carbocycles. The highest BCUT2D eigenvalue weighted by Crippen LogP contribution is 2.40. The Kier molecular flexibility index (Phi) is 3.90. The van der Waals surface area contributed by atoms with E-state index < -0.39 is 0 Å². The van der Waals surface area contributed by atoms with Crippen molar-refractivity contribution >= 4 is 0 Å². The van der Waals surface area contributed by atoms with Gasteiger partial charge in [-0.1, -0.05) is 49.6 Å². The zero-order valence-electron chi connectivity index (χ0n) is 11.8. The van der Waals surface area contributed by atoms with Crippen LogP contribution in [0.4, 0.5) is 0 Å². The first-order valence-electron chi connectivity index (χ1n) is 7.84. The van der Waals surface area contributed by atoms with Gasteiger partial charge in [-0.05, 0) is 37.8 Å². The third kappa shape index (κ3) is 3.37.